The second kappa shape index (κ2) is 8.95. The smallest absolute Gasteiger partial charge is 0.123 e. The monoisotopic (exact) mass is 278 g/mol. The lowest BCUT2D eigenvalue weighted by Crippen LogP contribution is -2.33. The normalized spacial score (nSPS) is 16.2. The molecule has 20 heavy (non-hydrogen) atoms. The maximum atomic E-state index is 8.80. The van der Waals surface area contributed by atoms with Crippen LogP contribution in [0, 0.1) is 0 Å². The molecular weight excluding hydrogens is 252 g/mol. The Morgan fingerprint density at radius 1 is 1.15 bits per heavy atom. The van der Waals surface area contributed by atoms with Gasteiger partial charge in [-0.05, 0) is 32.0 Å². The minimum Gasteiger partial charge on any atom is -0.492 e. The predicted octanol–water partition coefficient (Wildman–Crippen LogP) is 1.63. The molecule has 0 unspecified atom stereocenters. The molecule has 0 atom stereocenters. The molecule has 1 saturated heterocycles. The van der Waals surface area contributed by atoms with Crippen LogP contribution in [0.3, 0.4) is 0 Å². The quantitative estimate of drug-likeness (QED) is 0.710. The largest absolute Gasteiger partial charge is 0.492 e. The summed E-state index contributed by atoms with van der Waals surface area (Å²) in [5, 5.41) is 12.0. The van der Waals surface area contributed by atoms with Crippen molar-refractivity contribution in [2.45, 2.75) is 25.8 Å². The third-order valence-corrected chi connectivity index (χ3v) is 3.69. The van der Waals surface area contributed by atoms with Crippen LogP contribution in [0.15, 0.2) is 24.3 Å². The van der Waals surface area contributed by atoms with E-state index in [-0.39, 0.29) is 6.61 Å². The van der Waals surface area contributed by atoms with Gasteiger partial charge in [-0.1, -0.05) is 24.6 Å². The highest BCUT2D eigenvalue weighted by molar-refractivity contribution is 5.33. The van der Waals surface area contributed by atoms with E-state index >= 15 is 0 Å². The SMILES string of the molecule is OCCNCc1ccccc1OCCN1CCCCC1. The van der Waals surface area contributed by atoms with Crippen molar-refractivity contribution in [3.05, 3.63) is 29.8 Å². The Labute approximate surface area is 121 Å². The van der Waals surface area contributed by atoms with Crippen LogP contribution in [0.4, 0.5) is 0 Å². The third-order valence-electron chi connectivity index (χ3n) is 3.69. The molecule has 1 aliphatic heterocycles. The minimum absolute atomic E-state index is 0.165. The standard InChI is InChI=1S/C16H26N2O2/c19-12-8-17-14-15-6-2-3-7-16(15)20-13-11-18-9-4-1-5-10-18/h2-3,6-7,17,19H,1,4-5,8-14H2. The Balaban J connectivity index is 1.76. The van der Waals surface area contributed by atoms with Gasteiger partial charge in [-0.25, -0.2) is 0 Å². The fraction of sp³-hybridized carbons (Fsp3) is 0.625. The molecule has 1 aromatic rings. The molecule has 0 aliphatic carbocycles. The lowest BCUT2D eigenvalue weighted by atomic mass is 10.1. The van der Waals surface area contributed by atoms with E-state index < -0.39 is 0 Å². The van der Waals surface area contributed by atoms with Crippen molar-refractivity contribution < 1.29 is 9.84 Å². The third kappa shape index (κ3) is 5.12. The number of aliphatic hydroxyl groups excluding tert-OH is 1. The Kier molecular flexibility index (Phi) is 6.84. The average molecular weight is 278 g/mol. The zero-order chi connectivity index (χ0) is 14.0. The van der Waals surface area contributed by atoms with Crippen LogP contribution in [-0.2, 0) is 6.54 Å². The van der Waals surface area contributed by atoms with E-state index in [0.717, 1.165) is 31.0 Å². The van der Waals surface area contributed by atoms with Crippen LogP contribution in [0.25, 0.3) is 0 Å². The second-order valence-electron chi connectivity index (χ2n) is 5.26. The molecule has 0 spiro atoms. The average Bonchev–Trinajstić information content (AvgIpc) is 2.50. The van der Waals surface area contributed by atoms with Gasteiger partial charge in [0, 0.05) is 25.2 Å². The molecule has 0 amide bonds. The van der Waals surface area contributed by atoms with Gasteiger partial charge in [-0.15, -0.1) is 0 Å². The summed E-state index contributed by atoms with van der Waals surface area (Å²) < 4.78 is 5.93. The summed E-state index contributed by atoms with van der Waals surface area (Å²) >= 11 is 0. The van der Waals surface area contributed by atoms with Gasteiger partial charge in [0.05, 0.1) is 6.61 Å². The van der Waals surface area contributed by atoms with Crippen LogP contribution in [0.5, 0.6) is 5.75 Å². The van der Waals surface area contributed by atoms with Gasteiger partial charge in [0.25, 0.3) is 0 Å². The minimum atomic E-state index is 0.165. The molecule has 1 fully saturated rings. The van der Waals surface area contributed by atoms with Crippen molar-refractivity contribution in [3.63, 3.8) is 0 Å². The van der Waals surface area contributed by atoms with Crippen LogP contribution in [-0.4, -0.2) is 49.4 Å². The first-order valence-corrected chi connectivity index (χ1v) is 7.65. The van der Waals surface area contributed by atoms with Gasteiger partial charge in [0.15, 0.2) is 0 Å². The molecular formula is C16H26N2O2. The number of benzene rings is 1. The molecule has 4 heteroatoms. The van der Waals surface area contributed by atoms with E-state index in [2.05, 4.69) is 16.3 Å². The zero-order valence-electron chi connectivity index (χ0n) is 12.2. The van der Waals surface area contributed by atoms with Crippen molar-refractivity contribution in [1.29, 1.82) is 0 Å². The zero-order valence-corrected chi connectivity index (χ0v) is 12.2. The van der Waals surface area contributed by atoms with Gasteiger partial charge < -0.3 is 15.2 Å². The van der Waals surface area contributed by atoms with Gasteiger partial charge in [0.2, 0.25) is 0 Å². The first-order chi connectivity index (χ1) is 9.90. The molecule has 1 aromatic carbocycles. The summed E-state index contributed by atoms with van der Waals surface area (Å²) in [6, 6.07) is 8.12. The summed E-state index contributed by atoms with van der Waals surface area (Å²) in [4.78, 5) is 2.48. The number of nitrogens with zero attached hydrogens (tertiary/aromatic N) is 1. The molecule has 0 aromatic heterocycles. The number of nitrogens with one attached hydrogen (secondary N) is 1. The molecule has 2 rings (SSSR count). The van der Waals surface area contributed by atoms with Gasteiger partial charge in [-0.2, -0.15) is 0 Å². The highest BCUT2D eigenvalue weighted by atomic mass is 16.5. The number of ether oxygens (including phenoxy) is 1. The van der Waals surface area contributed by atoms with E-state index in [1.165, 1.54) is 32.4 Å². The number of hydrogen-bond donors (Lipinski definition) is 2. The van der Waals surface area contributed by atoms with Crippen molar-refractivity contribution in [2.24, 2.45) is 0 Å². The van der Waals surface area contributed by atoms with Crippen LogP contribution >= 0.6 is 0 Å². The summed E-state index contributed by atoms with van der Waals surface area (Å²) in [5.74, 6) is 0.954. The topological polar surface area (TPSA) is 44.7 Å². The number of hydrogen-bond acceptors (Lipinski definition) is 4. The van der Waals surface area contributed by atoms with Gasteiger partial charge in [0.1, 0.15) is 12.4 Å². The van der Waals surface area contributed by atoms with Crippen LogP contribution in [0.2, 0.25) is 0 Å². The number of piperidine rings is 1. The molecule has 112 valence electrons. The molecule has 0 radical (unpaired) electrons. The van der Waals surface area contributed by atoms with Crippen LogP contribution < -0.4 is 10.1 Å². The van der Waals surface area contributed by atoms with Gasteiger partial charge in [-0.3, -0.25) is 4.90 Å². The molecule has 4 nitrogen and oxygen atoms in total. The molecule has 0 bridgehead atoms. The van der Waals surface area contributed by atoms with Gasteiger partial charge >= 0.3 is 0 Å². The fourth-order valence-electron chi connectivity index (χ4n) is 2.56. The summed E-state index contributed by atoms with van der Waals surface area (Å²) in [6.45, 7) is 5.70. The van der Waals surface area contributed by atoms with Crippen molar-refractivity contribution >= 4 is 0 Å². The maximum absolute atomic E-state index is 8.80. The lowest BCUT2D eigenvalue weighted by Gasteiger charge is -2.26. The Hall–Kier alpha value is -1.10. The Morgan fingerprint density at radius 2 is 1.95 bits per heavy atom. The number of aliphatic hydroxyl groups is 1. The number of likely N-dealkylation sites (tertiary alicyclic amines) is 1. The van der Waals surface area contributed by atoms with E-state index in [1.54, 1.807) is 0 Å². The summed E-state index contributed by atoms with van der Waals surface area (Å²) in [6.07, 6.45) is 4.01. The predicted molar refractivity (Wildman–Crippen MR) is 81.0 cm³/mol. The van der Waals surface area contributed by atoms with Crippen molar-refractivity contribution in [3.8, 4) is 5.75 Å². The van der Waals surface area contributed by atoms with E-state index in [4.69, 9.17) is 9.84 Å². The molecule has 2 N–H and O–H groups in total. The maximum Gasteiger partial charge on any atom is 0.123 e. The first-order valence-electron chi connectivity index (χ1n) is 7.65. The highest BCUT2D eigenvalue weighted by Crippen LogP contribution is 2.18. The summed E-state index contributed by atoms with van der Waals surface area (Å²) in [7, 11) is 0. The van der Waals surface area contributed by atoms with Crippen molar-refractivity contribution in [2.75, 3.05) is 39.4 Å². The summed E-state index contributed by atoms with van der Waals surface area (Å²) in [5.41, 5.74) is 1.15. The van der Waals surface area contributed by atoms with Crippen molar-refractivity contribution in [1.82, 2.24) is 10.2 Å². The number of para-hydroxylation sites is 1. The second-order valence-corrected chi connectivity index (χ2v) is 5.26. The Bertz CT molecular complexity index is 378. The van der Waals surface area contributed by atoms with E-state index in [0.29, 0.717) is 6.54 Å². The fourth-order valence-corrected chi connectivity index (χ4v) is 2.56. The van der Waals surface area contributed by atoms with Crippen LogP contribution in [0.1, 0.15) is 24.8 Å². The molecule has 1 heterocycles. The Morgan fingerprint density at radius 3 is 2.75 bits per heavy atom. The highest BCUT2D eigenvalue weighted by Gasteiger charge is 2.10. The number of rotatable bonds is 8. The molecule has 0 saturated carbocycles. The first kappa shape index (κ1) is 15.3. The van der Waals surface area contributed by atoms with E-state index in [9.17, 15) is 0 Å². The molecule has 1 aliphatic rings. The van der Waals surface area contributed by atoms with E-state index in [1.807, 2.05) is 18.2 Å². The lowest BCUT2D eigenvalue weighted by molar-refractivity contribution is 0.182.